The summed E-state index contributed by atoms with van der Waals surface area (Å²) in [5.41, 5.74) is 0.918. The lowest BCUT2D eigenvalue weighted by molar-refractivity contribution is 0.0938. The first-order valence-corrected chi connectivity index (χ1v) is 8.02. The van der Waals surface area contributed by atoms with Gasteiger partial charge in [0, 0.05) is 32.1 Å². The highest BCUT2D eigenvalue weighted by Crippen LogP contribution is 2.48. The van der Waals surface area contributed by atoms with E-state index < -0.39 is 0 Å². The fourth-order valence-electron chi connectivity index (χ4n) is 2.11. The molecule has 2 N–H and O–H groups in total. The molecule has 1 aromatic rings. The maximum absolute atomic E-state index is 12.1. The molecule has 1 saturated carbocycles. The van der Waals surface area contributed by atoms with Crippen LogP contribution in [0, 0.1) is 17.3 Å². The van der Waals surface area contributed by atoms with Gasteiger partial charge in [0.05, 0.1) is 17.0 Å². The summed E-state index contributed by atoms with van der Waals surface area (Å²) in [6.45, 7) is 1.53. The van der Waals surface area contributed by atoms with Crippen LogP contribution in [0.3, 0.4) is 0 Å². The van der Waals surface area contributed by atoms with E-state index in [4.69, 9.17) is 9.84 Å². The molecule has 0 atom stereocenters. The van der Waals surface area contributed by atoms with Gasteiger partial charge in [-0.25, -0.2) is 0 Å². The molecular weight excluding hydrogens is 286 g/mol. The van der Waals surface area contributed by atoms with Crippen LogP contribution in [0.1, 0.15) is 40.9 Å². The molecule has 1 heterocycles. The minimum Gasteiger partial charge on any atom is -0.395 e. The fourth-order valence-corrected chi connectivity index (χ4v) is 2.86. The topological polar surface area (TPSA) is 58.6 Å². The van der Waals surface area contributed by atoms with E-state index in [-0.39, 0.29) is 17.9 Å². The molecule has 0 unspecified atom stereocenters. The molecule has 21 heavy (non-hydrogen) atoms. The largest absolute Gasteiger partial charge is 0.395 e. The first-order valence-electron chi connectivity index (χ1n) is 7.14. The maximum atomic E-state index is 12.1. The smallest absolute Gasteiger partial charge is 0.252 e. The van der Waals surface area contributed by atoms with Gasteiger partial charge in [-0.3, -0.25) is 4.79 Å². The van der Waals surface area contributed by atoms with Crippen LogP contribution in [0.4, 0.5) is 0 Å². The lowest BCUT2D eigenvalue weighted by atomic mass is 10.0. The SMILES string of the molecule is COCCC1(CNC(=O)c2csc(C#CCCO)c2)CC1. The average Bonchev–Trinajstić information content (AvgIpc) is 3.11. The van der Waals surface area contributed by atoms with Gasteiger partial charge in [0.25, 0.3) is 5.91 Å². The number of aliphatic hydroxyl groups excluding tert-OH is 1. The molecule has 1 amide bonds. The maximum Gasteiger partial charge on any atom is 0.252 e. The normalized spacial score (nSPS) is 15.1. The van der Waals surface area contributed by atoms with Gasteiger partial charge in [0.15, 0.2) is 0 Å². The van der Waals surface area contributed by atoms with E-state index in [1.54, 1.807) is 13.2 Å². The Balaban J connectivity index is 1.83. The minimum absolute atomic E-state index is 0.0369. The molecule has 1 fully saturated rings. The molecule has 1 aliphatic rings. The highest BCUT2D eigenvalue weighted by Gasteiger charge is 2.42. The molecule has 5 heteroatoms. The molecule has 114 valence electrons. The number of thiophene rings is 1. The van der Waals surface area contributed by atoms with Gasteiger partial charge >= 0.3 is 0 Å². The summed E-state index contributed by atoms with van der Waals surface area (Å²) >= 11 is 1.46. The number of hydrogen-bond donors (Lipinski definition) is 2. The van der Waals surface area contributed by atoms with Crippen molar-refractivity contribution in [2.75, 3.05) is 26.9 Å². The summed E-state index contributed by atoms with van der Waals surface area (Å²) in [6.07, 6.45) is 3.79. The zero-order valence-corrected chi connectivity index (χ0v) is 13.1. The van der Waals surface area contributed by atoms with Crippen LogP contribution in [-0.2, 0) is 4.74 Å². The van der Waals surface area contributed by atoms with Crippen molar-refractivity contribution in [3.05, 3.63) is 21.9 Å². The van der Waals surface area contributed by atoms with E-state index in [9.17, 15) is 4.79 Å². The molecule has 0 spiro atoms. The van der Waals surface area contributed by atoms with E-state index in [1.807, 2.05) is 5.38 Å². The number of methoxy groups -OCH3 is 1. The highest BCUT2D eigenvalue weighted by molar-refractivity contribution is 7.10. The zero-order chi connectivity index (χ0) is 15.1. The Labute approximate surface area is 129 Å². The van der Waals surface area contributed by atoms with Gasteiger partial charge in [0.2, 0.25) is 0 Å². The van der Waals surface area contributed by atoms with Crippen molar-refractivity contribution in [1.29, 1.82) is 0 Å². The first kappa shape index (κ1) is 16.0. The van der Waals surface area contributed by atoms with Crippen LogP contribution in [-0.4, -0.2) is 37.9 Å². The number of hydrogen-bond acceptors (Lipinski definition) is 4. The Bertz CT molecular complexity index is 537. The third-order valence-corrected chi connectivity index (χ3v) is 4.57. The van der Waals surface area contributed by atoms with Gasteiger partial charge in [-0.15, -0.1) is 11.3 Å². The van der Waals surface area contributed by atoms with Crippen molar-refractivity contribution >= 4 is 17.2 Å². The van der Waals surface area contributed by atoms with Crippen molar-refractivity contribution in [1.82, 2.24) is 5.32 Å². The number of ether oxygens (including phenoxy) is 1. The number of nitrogens with one attached hydrogen (secondary N) is 1. The lowest BCUT2D eigenvalue weighted by Gasteiger charge is -2.15. The number of aliphatic hydroxyl groups is 1. The van der Waals surface area contributed by atoms with Crippen molar-refractivity contribution < 1.29 is 14.6 Å². The Hall–Kier alpha value is -1.35. The van der Waals surface area contributed by atoms with Crippen LogP contribution in [0.2, 0.25) is 0 Å². The molecule has 0 radical (unpaired) electrons. The second-order valence-electron chi connectivity index (χ2n) is 5.40. The quantitative estimate of drug-likeness (QED) is 0.758. The summed E-state index contributed by atoms with van der Waals surface area (Å²) in [5, 5.41) is 13.5. The predicted octanol–water partition coefficient (Wildman–Crippen LogP) is 2.03. The van der Waals surface area contributed by atoms with Crippen molar-refractivity contribution in [3.8, 4) is 11.8 Å². The molecule has 2 rings (SSSR count). The van der Waals surface area contributed by atoms with Crippen LogP contribution in [0.15, 0.2) is 11.4 Å². The van der Waals surface area contributed by atoms with Crippen LogP contribution in [0.25, 0.3) is 0 Å². The Morgan fingerprint density at radius 3 is 3.05 bits per heavy atom. The minimum atomic E-state index is -0.0369. The summed E-state index contributed by atoms with van der Waals surface area (Å²) in [6, 6.07) is 1.80. The average molecular weight is 307 g/mol. The molecule has 0 saturated heterocycles. The Kier molecular flexibility index (Phi) is 5.80. The van der Waals surface area contributed by atoms with Crippen molar-refractivity contribution in [2.24, 2.45) is 5.41 Å². The molecule has 0 bridgehead atoms. The van der Waals surface area contributed by atoms with Crippen molar-refractivity contribution in [3.63, 3.8) is 0 Å². The monoisotopic (exact) mass is 307 g/mol. The Morgan fingerprint density at radius 2 is 2.38 bits per heavy atom. The van der Waals surface area contributed by atoms with E-state index in [0.717, 1.165) is 37.3 Å². The third kappa shape index (κ3) is 4.85. The second-order valence-corrected chi connectivity index (χ2v) is 6.31. The van der Waals surface area contributed by atoms with Crippen LogP contribution < -0.4 is 5.32 Å². The summed E-state index contributed by atoms with van der Waals surface area (Å²) < 4.78 is 5.12. The lowest BCUT2D eigenvalue weighted by Crippen LogP contribution is -2.30. The summed E-state index contributed by atoms with van der Waals surface area (Å²) in [7, 11) is 1.71. The molecular formula is C16H21NO3S. The van der Waals surface area contributed by atoms with Gasteiger partial charge < -0.3 is 15.2 Å². The predicted molar refractivity (Wildman–Crippen MR) is 83.4 cm³/mol. The summed E-state index contributed by atoms with van der Waals surface area (Å²) in [4.78, 5) is 13.0. The first-order chi connectivity index (χ1) is 10.2. The molecule has 1 aromatic heterocycles. The fraction of sp³-hybridized carbons (Fsp3) is 0.562. The van der Waals surface area contributed by atoms with Crippen LogP contribution >= 0.6 is 11.3 Å². The number of rotatable bonds is 7. The van der Waals surface area contributed by atoms with Crippen LogP contribution in [0.5, 0.6) is 0 Å². The van der Waals surface area contributed by atoms with Gasteiger partial charge in [-0.05, 0) is 30.7 Å². The third-order valence-electron chi connectivity index (χ3n) is 3.73. The van der Waals surface area contributed by atoms with Crippen molar-refractivity contribution in [2.45, 2.75) is 25.7 Å². The molecule has 1 aliphatic carbocycles. The van der Waals surface area contributed by atoms with Gasteiger partial charge in [-0.2, -0.15) is 0 Å². The Morgan fingerprint density at radius 1 is 1.57 bits per heavy atom. The standard InChI is InChI=1S/C16H21NO3S/c1-20-9-7-16(5-6-16)12-17-15(19)13-10-14(21-11-13)4-2-3-8-18/h10-11,18H,3,5-9,12H2,1H3,(H,17,19). The zero-order valence-electron chi connectivity index (χ0n) is 12.3. The van der Waals surface area contributed by atoms with E-state index in [1.165, 1.54) is 11.3 Å². The summed E-state index contributed by atoms with van der Waals surface area (Å²) in [5.74, 6) is 5.77. The second kappa shape index (κ2) is 7.60. The van der Waals surface area contributed by atoms with E-state index in [0.29, 0.717) is 12.0 Å². The molecule has 0 aliphatic heterocycles. The van der Waals surface area contributed by atoms with Gasteiger partial charge in [-0.1, -0.05) is 11.8 Å². The number of carbonyl (C=O) groups excluding carboxylic acids is 1. The number of amides is 1. The molecule has 4 nitrogen and oxygen atoms in total. The highest BCUT2D eigenvalue weighted by atomic mass is 32.1. The molecule has 0 aromatic carbocycles. The van der Waals surface area contributed by atoms with Gasteiger partial charge in [0.1, 0.15) is 0 Å². The van der Waals surface area contributed by atoms with E-state index in [2.05, 4.69) is 17.2 Å². The number of carbonyl (C=O) groups is 1. The van der Waals surface area contributed by atoms with E-state index >= 15 is 0 Å².